The molecule has 25 heavy (non-hydrogen) atoms. The number of halogens is 3. The summed E-state index contributed by atoms with van der Waals surface area (Å²) in [5, 5.41) is 0.288. The number of nitrogens with zero attached hydrogens (tertiary/aromatic N) is 2. The fraction of sp³-hybridized carbons (Fsp3) is 0.625. The Morgan fingerprint density at radius 1 is 1.24 bits per heavy atom. The first-order valence-electron chi connectivity index (χ1n) is 8.14. The van der Waals surface area contributed by atoms with Gasteiger partial charge < -0.3 is 0 Å². The Morgan fingerprint density at radius 2 is 1.88 bits per heavy atom. The highest BCUT2D eigenvalue weighted by atomic mass is 35.5. The van der Waals surface area contributed by atoms with Crippen LogP contribution in [0, 0.1) is 5.92 Å². The Kier molecular flexibility index (Phi) is 7.27. The summed E-state index contributed by atoms with van der Waals surface area (Å²) in [7, 11) is -1.94. The summed E-state index contributed by atoms with van der Waals surface area (Å²) in [6, 6.07) is 1.64. The molecule has 0 amide bonds. The average Bonchev–Trinajstić information content (AvgIpc) is 3.15. The Hall–Kier alpha value is 0.180. The fourth-order valence-electron chi connectivity index (χ4n) is 3.34. The van der Waals surface area contributed by atoms with Gasteiger partial charge in [0, 0.05) is 19.1 Å². The molecule has 0 unspecified atom stereocenters. The van der Waals surface area contributed by atoms with Crippen molar-refractivity contribution >= 4 is 57.0 Å². The number of hydrogen-bond donors (Lipinski definition) is 0. The summed E-state index contributed by atoms with van der Waals surface area (Å²) in [5.41, 5.74) is 0. The van der Waals surface area contributed by atoms with Gasteiger partial charge in [0.25, 0.3) is 10.0 Å². The Morgan fingerprint density at radius 3 is 2.44 bits per heavy atom. The van der Waals surface area contributed by atoms with Crippen molar-refractivity contribution < 1.29 is 8.42 Å². The number of likely N-dealkylation sites (N-methyl/N-ethyl adjacent to an activating group) is 1. The average molecular weight is 446 g/mol. The molecule has 4 nitrogen and oxygen atoms in total. The lowest BCUT2D eigenvalue weighted by Gasteiger charge is -2.35. The second-order valence-electron chi connectivity index (χ2n) is 6.68. The molecule has 1 aliphatic carbocycles. The Bertz CT molecular complexity index is 708. The number of hydrogen-bond acceptors (Lipinski definition) is 4. The molecule has 0 spiro atoms. The van der Waals surface area contributed by atoms with Gasteiger partial charge >= 0.3 is 0 Å². The van der Waals surface area contributed by atoms with Gasteiger partial charge in [-0.05, 0) is 44.3 Å². The highest BCUT2D eigenvalue weighted by molar-refractivity contribution is 7.91. The monoisotopic (exact) mass is 444 g/mol. The van der Waals surface area contributed by atoms with Crippen LogP contribution >= 0.6 is 46.9 Å². The largest absolute Gasteiger partial charge is 0.297 e. The van der Waals surface area contributed by atoms with Gasteiger partial charge in [0.2, 0.25) is 0 Å². The van der Waals surface area contributed by atoms with Crippen LogP contribution in [0.1, 0.15) is 26.2 Å². The van der Waals surface area contributed by atoms with E-state index in [1.54, 1.807) is 7.05 Å². The van der Waals surface area contributed by atoms with Crippen molar-refractivity contribution in [3.05, 3.63) is 27.6 Å². The van der Waals surface area contributed by atoms with Gasteiger partial charge in [0.1, 0.15) is 8.55 Å². The van der Waals surface area contributed by atoms with E-state index in [1.807, 2.05) is 6.08 Å². The number of piperidine rings is 1. The second kappa shape index (κ2) is 8.46. The SMILES string of the molecule is CC1CCN([C@H]2C=C[C@@H](N(C)S(=O)(=O)c3cc(Cl)c(Cl)s3)C2)CC1.Cl. The summed E-state index contributed by atoms with van der Waals surface area (Å²) in [4.78, 5) is 2.47. The summed E-state index contributed by atoms with van der Waals surface area (Å²) in [5.74, 6) is 0.791. The molecule has 0 bridgehead atoms. The minimum absolute atomic E-state index is 0. The van der Waals surface area contributed by atoms with E-state index < -0.39 is 10.0 Å². The minimum atomic E-state index is -3.57. The van der Waals surface area contributed by atoms with Gasteiger partial charge in [0.05, 0.1) is 5.02 Å². The van der Waals surface area contributed by atoms with Crippen molar-refractivity contribution in [2.45, 2.75) is 42.5 Å². The van der Waals surface area contributed by atoms with E-state index in [2.05, 4.69) is 17.9 Å². The van der Waals surface area contributed by atoms with Gasteiger partial charge in [-0.3, -0.25) is 4.90 Å². The summed E-state index contributed by atoms with van der Waals surface area (Å²) in [6.07, 6.45) is 7.40. The lowest BCUT2D eigenvalue weighted by molar-refractivity contribution is 0.153. The van der Waals surface area contributed by atoms with E-state index in [1.165, 1.54) is 23.2 Å². The molecule has 0 aromatic carbocycles. The molecule has 1 aromatic rings. The molecule has 2 aliphatic rings. The molecular weight excluding hydrogens is 423 g/mol. The predicted octanol–water partition coefficient (Wildman–Crippen LogP) is 4.53. The van der Waals surface area contributed by atoms with E-state index in [9.17, 15) is 8.42 Å². The number of likely N-dealkylation sites (tertiary alicyclic amines) is 1. The third-order valence-corrected chi connectivity index (χ3v) is 9.25. The zero-order valence-electron chi connectivity index (χ0n) is 14.2. The maximum absolute atomic E-state index is 12.8. The summed E-state index contributed by atoms with van der Waals surface area (Å²) in [6.45, 7) is 4.48. The first-order chi connectivity index (χ1) is 11.3. The minimum Gasteiger partial charge on any atom is -0.297 e. The van der Waals surface area contributed by atoms with Crippen LogP contribution in [-0.4, -0.2) is 49.8 Å². The first-order valence-corrected chi connectivity index (χ1v) is 11.2. The van der Waals surface area contributed by atoms with Crippen molar-refractivity contribution in [3.8, 4) is 0 Å². The van der Waals surface area contributed by atoms with E-state index in [4.69, 9.17) is 23.2 Å². The molecule has 2 atom stereocenters. The Balaban J connectivity index is 0.00000225. The highest BCUT2D eigenvalue weighted by Gasteiger charge is 2.34. The van der Waals surface area contributed by atoms with Gasteiger partial charge in [-0.15, -0.1) is 23.7 Å². The van der Waals surface area contributed by atoms with Crippen molar-refractivity contribution in [1.82, 2.24) is 9.21 Å². The zero-order valence-corrected chi connectivity index (χ0v) is 18.2. The maximum atomic E-state index is 12.8. The van der Waals surface area contributed by atoms with Crippen LogP contribution in [0.5, 0.6) is 0 Å². The molecule has 0 N–H and O–H groups in total. The van der Waals surface area contributed by atoms with Crippen LogP contribution in [0.3, 0.4) is 0 Å². The van der Waals surface area contributed by atoms with Crippen LogP contribution in [0.15, 0.2) is 22.4 Å². The summed E-state index contributed by atoms with van der Waals surface area (Å²) >= 11 is 12.8. The zero-order chi connectivity index (χ0) is 17.5. The van der Waals surface area contributed by atoms with E-state index in [0.717, 1.165) is 36.8 Å². The molecule has 0 saturated carbocycles. The quantitative estimate of drug-likeness (QED) is 0.639. The third kappa shape index (κ3) is 4.54. The molecule has 0 radical (unpaired) electrons. The molecule has 3 rings (SSSR count). The van der Waals surface area contributed by atoms with Crippen molar-refractivity contribution in [2.24, 2.45) is 5.92 Å². The molecule has 1 saturated heterocycles. The van der Waals surface area contributed by atoms with E-state index in [0.29, 0.717) is 10.4 Å². The maximum Gasteiger partial charge on any atom is 0.252 e. The van der Waals surface area contributed by atoms with Gasteiger partial charge in [-0.1, -0.05) is 42.3 Å². The predicted molar refractivity (Wildman–Crippen MR) is 108 cm³/mol. The van der Waals surface area contributed by atoms with Gasteiger partial charge in [0.15, 0.2) is 0 Å². The smallest absolute Gasteiger partial charge is 0.252 e. The van der Waals surface area contributed by atoms with Crippen molar-refractivity contribution in [1.29, 1.82) is 0 Å². The molecule has 1 aliphatic heterocycles. The number of rotatable bonds is 4. The van der Waals surface area contributed by atoms with Gasteiger partial charge in [-0.25, -0.2) is 8.42 Å². The topological polar surface area (TPSA) is 40.6 Å². The number of sulfonamides is 1. The Labute approximate surface area is 170 Å². The van der Waals surface area contributed by atoms with Crippen LogP contribution in [0.2, 0.25) is 9.36 Å². The van der Waals surface area contributed by atoms with Crippen LogP contribution in [0.4, 0.5) is 0 Å². The van der Waals surface area contributed by atoms with Crippen molar-refractivity contribution in [3.63, 3.8) is 0 Å². The van der Waals surface area contributed by atoms with Gasteiger partial charge in [-0.2, -0.15) is 4.31 Å². The lowest BCUT2D eigenvalue weighted by Crippen LogP contribution is -2.42. The van der Waals surface area contributed by atoms with Crippen molar-refractivity contribution in [2.75, 3.05) is 20.1 Å². The van der Waals surface area contributed by atoms with E-state index in [-0.39, 0.29) is 27.7 Å². The number of thiophene rings is 1. The molecule has 9 heteroatoms. The lowest BCUT2D eigenvalue weighted by atomic mass is 9.97. The van der Waals surface area contributed by atoms with Crippen LogP contribution in [0.25, 0.3) is 0 Å². The first kappa shape index (κ1) is 21.5. The molecule has 1 aromatic heterocycles. The van der Waals surface area contributed by atoms with E-state index >= 15 is 0 Å². The third-order valence-electron chi connectivity index (χ3n) is 5.05. The summed E-state index contributed by atoms with van der Waals surface area (Å²) < 4.78 is 27.5. The normalized spacial score (nSPS) is 25.5. The molecule has 2 heterocycles. The highest BCUT2D eigenvalue weighted by Crippen LogP contribution is 2.37. The molecule has 1 fully saturated rings. The van der Waals surface area contributed by atoms with Crippen LogP contribution in [-0.2, 0) is 10.0 Å². The fourth-order valence-corrected chi connectivity index (χ4v) is 6.73. The molecular formula is C16H23Cl3N2O2S2. The molecule has 142 valence electrons. The standard InChI is InChI=1S/C16H22Cl2N2O2S2.ClH/c1-11-5-7-20(8-6-11)13-4-3-12(9-13)19(2)24(21,22)15-10-14(17)16(18)23-15;/h3-4,10-13H,5-9H2,1-2H3;1H/t12-,13+;/m1./s1. The second-order valence-corrected chi connectivity index (χ2v) is 11.0. The van der Waals surface area contributed by atoms with Crippen LogP contribution < -0.4 is 0 Å².